The van der Waals surface area contributed by atoms with Crippen LogP contribution < -0.4 is 10.6 Å². The Kier molecular flexibility index (Phi) is 6.17. The molecule has 7 nitrogen and oxygen atoms in total. The van der Waals surface area contributed by atoms with Gasteiger partial charge < -0.3 is 15.4 Å². The highest BCUT2D eigenvalue weighted by atomic mass is 16.6. The molecule has 0 saturated heterocycles. The van der Waals surface area contributed by atoms with Crippen molar-refractivity contribution in [1.82, 2.24) is 20.1 Å². The first-order valence-electron chi connectivity index (χ1n) is 8.04. The van der Waals surface area contributed by atoms with E-state index in [0.29, 0.717) is 13.1 Å². The van der Waals surface area contributed by atoms with Gasteiger partial charge in [0.1, 0.15) is 18.3 Å². The number of rotatable bonds is 7. The van der Waals surface area contributed by atoms with Crippen LogP contribution in [-0.2, 0) is 11.3 Å². The minimum absolute atomic E-state index is 0.377. The maximum absolute atomic E-state index is 11.5. The number of hydrogen-bond acceptors (Lipinski definition) is 5. The molecule has 130 valence electrons. The molecule has 2 rings (SSSR count). The van der Waals surface area contributed by atoms with Gasteiger partial charge in [-0.15, -0.1) is 0 Å². The number of ether oxygens (including phenoxy) is 1. The number of hydrogen-bond donors (Lipinski definition) is 2. The molecule has 24 heavy (non-hydrogen) atoms. The van der Waals surface area contributed by atoms with Gasteiger partial charge in [0.2, 0.25) is 0 Å². The SMILES string of the molecule is CC(C)(C)OC(=O)NCCCNc1cccc(Cn2cncn2)c1. The molecule has 1 heterocycles. The summed E-state index contributed by atoms with van der Waals surface area (Å²) >= 11 is 0. The van der Waals surface area contributed by atoms with E-state index in [0.717, 1.165) is 24.2 Å². The fraction of sp³-hybridized carbons (Fsp3) is 0.471. The van der Waals surface area contributed by atoms with Crippen LogP contribution in [0.2, 0.25) is 0 Å². The average molecular weight is 331 g/mol. The molecule has 0 radical (unpaired) electrons. The largest absolute Gasteiger partial charge is 0.444 e. The molecule has 2 N–H and O–H groups in total. The first-order chi connectivity index (χ1) is 11.4. The van der Waals surface area contributed by atoms with Gasteiger partial charge in [0, 0.05) is 18.8 Å². The van der Waals surface area contributed by atoms with Crippen molar-refractivity contribution in [2.45, 2.75) is 39.3 Å². The number of aromatic nitrogens is 3. The first-order valence-corrected chi connectivity index (χ1v) is 8.04. The van der Waals surface area contributed by atoms with Crippen molar-refractivity contribution in [3.8, 4) is 0 Å². The number of carbonyl (C=O) groups excluding carboxylic acids is 1. The van der Waals surface area contributed by atoms with Crippen LogP contribution in [0.4, 0.5) is 10.5 Å². The van der Waals surface area contributed by atoms with Gasteiger partial charge in [0.05, 0.1) is 6.54 Å². The lowest BCUT2D eigenvalue weighted by Crippen LogP contribution is -2.33. The van der Waals surface area contributed by atoms with E-state index in [1.807, 2.05) is 32.9 Å². The molecular weight excluding hydrogens is 306 g/mol. The quantitative estimate of drug-likeness (QED) is 0.762. The van der Waals surface area contributed by atoms with Crippen LogP contribution in [0, 0.1) is 0 Å². The van der Waals surface area contributed by atoms with Crippen molar-refractivity contribution in [3.63, 3.8) is 0 Å². The van der Waals surface area contributed by atoms with Crippen molar-refractivity contribution in [2.24, 2.45) is 0 Å². The maximum Gasteiger partial charge on any atom is 0.407 e. The number of nitrogens with zero attached hydrogens (tertiary/aromatic N) is 3. The molecule has 7 heteroatoms. The molecule has 1 amide bonds. The van der Waals surface area contributed by atoms with Gasteiger partial charge in [-0.1, -0.05) is 12.1 Å². The van der Waals surface area contributed by atoms with Crippen molar-refractivity contribution >= 4 is 11.8 Å². The van der Waals surface area contributed by atoms with Crippen LogP contribution in [0.15, 0.2) is 36.9 Å². The Labute approximate surface area is 142 Å². The van der Waals surface area contributed by atoms with Crippen molar-refractivity contribution in [1.29, 1.82) is 0 Å². The lowest BCUT2D eigenvalue weighted by molar-refractivity contribution is 0.0528. The summed E-state index contributed by atoms with van der Waals surface area (Å²) in [5, 5.41) is 10.2. The minimum atomic E-state index is -0.465. The maximum atomic E-state index is 11.5. The topological polar surface area (TPSA) is 81.1 Å². The Hall–Kier alpha value is -2.57. The smallest absolute Gasteiger partial charge is 0.407 e. The second-order valence-corrected chi connectivity index (χ2v) is 6.50. The Morgan fingerprint density at radius 3 is 2.83 bits per heavy atom. The van der Waals surface area contributed by atoms with E-state index >= 15 is 0 Å². The second-order valence-electron chi connectivity index (χ2n) is 6.50. The highest BCUT2D eigenvalue weighted by Crippen LogP contribution is 2.11. The van der Waals surface area contributed by atoms with E-state index in [9.17, 15) is 4.79 Å². The van der Waals surface area contributed by atoms with Crippen LogP contribution in [0.5, 0.6) is 0 Å². The summed E-state index contributed by atoms with van der Waals surface area (Å²) in [6.45, 7) is 7.57. The molecule has 0 atom stereocenters. The van der Waals surface area contributed by atoms with Crippen LogP contribution in [-0.4, -0.2) is 39.5 Å². The lowest BCUT2D eigenvalue weighted by atomic mass is 10.2. The molecule has 0 aliphatic heterocycles. The van der Waals surface area contributed by atoms with Gasteiger partial charge in [-0.05, 0) is 44.9 Å². The summed E-state index contributed by atoms with van der Waals surface area (Å²) in [5.74, 6) is 0. The molecular formula is C17H25N5O2. The fourth-order valence-corrected chi connectivity index (χ4v) is 2.11. The van der Waals surface area contributed by atoms with E-state index in [2.05, 4.69) is 32.8 Å². The van der Waals surface area contributed by atoms with Crippen LogP contribution >= 0.6 is 0 Å². The number of anilines is 1. The Morgan fingerprint density at radius 1 is 1.29 bits per heavy atom. The van der Waals surface area contributed by atoms with Gasteiger partial charge in [0.25, 0.3) is 0 Å². The monoisotopic (exact) mass is 331 g/mol. The Morgan fingerprint density at radius 2 is 2.12 bits per heavy atom. The first kappa shape index (κ1) is 17.8. The molecule has 0 aliphatic carbocycles. The van der Waals surface area contributed by atoms with Crippen molar-refractivity contribution < 1.29 is 9.53 Å². The fourth-order valence-electron chi connectivity index (χ4n) is 2.11. The van der Waals surface area contributed by atoms with Gasteiger partial charge >= 0.3 is 6.09 Å². The molecule has 0 spiro atoms. The van der Waals surface area contributed by atoms with Crippen molar-refractivity contribution in [3.05, 3.63) is 42.5 Å². The summed E-state index contributed by atoms with van der Waals surface area (Å²) in [5.41, 5.74) is 1.73. The number of carbonyl (C=O) groups is 1. The molecule has 1 aromatic carbocycles. The van der Waals surface area contributed by atoms with Crippen LogP contribution in [0.1, 0.15) is 32.8 Å². The summed E-state index contributed by atoms with van der Waals surface area (Å²) in [6.07, 6.45) is 3.66. The predicted molar refractivity (Wildman–Crippen MR) is 92.9 cm³/mol. The summed E-state index contributed by atoms with van der Waals surface area (Å²) in [6, 6.07) is 8.17. The number of amides is 1. The highest BCUT2D eigenvalue weighted by molar-refractivity contribution is 5.67. The molecule has 0 saturated carbocycles. The normalized spacial score (nSPS) is 11.1. The third kappa shape index (κ3) is 6.68. The van der Waals surface area contributed by atoms with Crippen LogP contribution in [0.25, 0.3) is 0 Å². The number of nitrogens with one attached hydrogen (secondary N) is 2. The van der Waals surface area contributed by atoms with E-state index in [4.69, 9.17) is 4.74 Å². The standard InChI is InChI=1S/C17H25N5O2/c1-17(2,3)24-16(23)20-9-5-8-19-15-7-4-6-14(10-15)11-22-13-18-12-21-22/h4,6-7,10,12-13,19H,5,8-9,11H2,1-3H3,(H,20,23). The molecule has 0 unspecified atom stereocenters. The molecule has 0 aliphatic rings. The van der Waals surface area contributed by atoms with Gasteiger partial charge in [-0.3, -0.25) is 0 Å². The molecule has 0 fully saturated rings. The van der Waals surface area contributed by atoms with E-state index in [-0.39, 0.29) is 6.09 Å². The second kappa shape index (κ2) is 8.33. The zero-order valence-corrected chi connectivity index (χ0v) is 14.5. The van der Waals surface area contributed by atoms with Crippen molar-refractivity contribution in [2.75, 3.05) is 18.4 Å². The molecule has 1 aromatic heterocycles. The summed E-state index contributed by atoms with van der Waals surface area (Å²) in [4.78, 5) is 15.5. The van der Waals surface area contributed by atoms with Gasteiger partial charge in [0.15, 0.2) is 0 Å². The molecule has 0 bridgehead atoms. The Balaban J connectivity index is 1.68. The van der Waals surface area contributed by atoms with E-state index in [1.54, 1.807) is 11.0 Å². The third-order valence-corrected chi connectivity index (χ3v) is 3.09. The summed E-state index contributed by atoms with van der Waals surface area (Å²) < 4.78 is 6.97. The predicted octanol–water partition coefficient (Wildman–Crippen LogP) is 2.65. The minimum Gasteiger partial charge on any atom is -0.444 e. The summed E-state index contributed by atoms with van der Waals surface area (Å²) in [7, 11) is 0. The average Bonchev–Trinajstić information content (AvgIpc) is 2.98. The zero-order valence-electron chi connectivity index (χ0n) is 14.5. The molecule has 2 aromatic rings. The van der Waals surface area contributed by atoms with Crippen LogP contribution in [0.3, 0.4) is 0 Å². The lowest BCUT2D eigenvalue weighted by Gasteiger charge is -2.19. The Bertz CT molecular complexity index is 635. The van der Waals surface area contributed by atoms with Gasteiger partial charge in [-0.2, -0.15) is 5.10 Å². The third-order valence-electron chi connectivity index (χ3n) is 3.09. The number of benzene rings is 1. The van der Waals surface area contributed by atoms with E-state index in [1.165, 1.54) is 6.33 Å². The van der Waals surface area contributed by atoms with E-state index < -0.39 is 5.60 Å². The zero-order chi connectivity index (χ0) is 17.4. The highest BCUT2D eigenvalue weighted by Gasteiger charge is 2.15. The van der Waals surface area contributed by atoms with Gasteiger partial charge in [-0.25, -0.2) is 14.5 Å². The number of alkyl carbamates (subject to hydrolysis) is 1.